The Morgan fingerprint density at radius 1 is 0.641 bits per heavy atom. The average molecular weight is 521 g/mol. The summed E-state index contributed by atoms with van der Waals surface area (Å²) in [5, 5.41) is 5.98. The number of rotatable bonds is 3. The van der Waals surface area contributed by atoms with Gasteiger partial charge in [-0.1, -0.05) is 66.7 Å². The van der Waals surface area contributed by atoms with Crippen molar-refractivity contribution >= 4 is 72.3 Å². The van der Waals surface area contributed by atoms with E-state index in [9.17, 15) is 0 Å². The molecular weight excluding hydrogens is 499 g/mol. The molecule has 0 N–H and O–H groups in total. The maximum absolute atomic E-state index is 15.7. The average Bonchev–Trinajstić information content (AvgIpc) is 3.41. The Morgan fingerprint density at radius 3 is 2.33 bits per heavy atom. The van der Waals surface area contributed by atoms with Crippen LogP contribution in [-0.4, -0.2) is 19.4 Å². The van der Waals surface area contributed by atoms with Gasteiger partial charge < -0.3 is 4.57 Å². The largest absolute Gasteiger partial charge is 0.309 e. The van der Waals surface area contributed by atoms with Crippen LogP contribution < -0.4 is 15.9 Å². The minimum Gasteiger partial charge on any atom is -0.309 e. The van der Waals surface area contributed by atoms with E-state index in [1.54, 1.807) is 12.4 Å². The van der Waals surface area contributed by atoms with Crippen molar-refractivity contribution in [3.63, 3.8) is 0 Å². The molecule has 0 aliphatic rings. The highest BCUT2D eigenvalue weighted by molar-refractivity contribution is 7.85. The Hall–Kier alpha value is -4.86. The predicted octanol–water partition coefficient (Wildman–Crippen LogP) is 6.38. The maximum atomic E-state index is 15.7. The van der Waals surface area contributed by atoms with Gasteiger partial charge in [0.2, 0.25) is 0 Å². The molecule has 0 saturated heterocycles. The van der Waals surface area contributed by atoms with Crippen LogP contribution in [-0.2, 0) is 4.57 Å². The van der Waals surface area contributed by atoms with Crippen molar-refractivity contribution in [2.45, 2.75) is 0 Å². The monoisotopic (exact) mass is 520 g/mol. The quantitative estimate of drug-likeness (QED) is 0.201. The highest BCUT2D eigenvalue weighted by atomic mass is 31.2. The summed E-state index contributed by atoms with van der Waals surface area (Å²) < 4.78 is 17.9. The van der Waals surface area contributed by atoms with Gasteiger partial charge in [-0.25, -0.2) is 4.98 Å². The van der Waals surface area contributed by atoms with Gasteiger partial charge in [-0.3, -0.25) is 14.4 Å². The summed E-state index contributed by atoms with van der Waals surface area (Å²) in [5.41, 5.74) is 4.64. The Labute approximate surface area is 223 Å². The SMILES string of the molecule is O=P(c1ccccc1)(c1ccc2ncccc2c1)c1cncc2c1c1ccccc1n1c3ccccc3nc21. The van der Waals surface area contributed by atoms with E-state index in [0.29, 0.717) is 5.30 Å². The zero-order valence-corrected chi connectivity index (χ0v) is 21.7. The number of para-hydroxylation sites is 3. The van der Waals surface area contributed by atoms with E-state index in [2.05, 4.69) is 32.6 Å². The van der Waals surface area contributed by atoms with Crippen LogP contribution in [0.1, 0.15) is 0 Å². The molecule has 0 bridgehead atoms. The first kappa shape index (κ1) is 22.2. The lowest BCUT2D eigenvalue weighted by Crippen LogP contribution is -2.26. The van der Waals surface area contributed by atoms with Crippen molar-refractivity contribution in [2.24, 2.45) is 0 Å². The van der Waals surface area contributed by atoms with Gasteiger partial charge in [0, 0.05) is 56.0 Å². The third-order valence-electron chi connectivity index (χ3n) is 7.55. The lowest BCUT2D eigenvalue weighted by atomic mass is 10.1. The first-order valence-corrected chi connectivity index (χ1v) is 14.5. The van der Waals surface area contributed by atoms with Crippen LogP contribution in [0.5, 0.6) is 0 Å². The second-order valence-corrected chi connectivity index (χ2v) is 12.4. The van der Waals surface area contributed by atoms with Gasteiger partial charge in [-0.05, 0) is 42.5 Å². The fourth-order valence-corrected chi connectivity index (χ4v) is 8.63. The molecular formula is C33H21N4OP. The van der Waals surface area contributed by atoms with E-state index in [-0.39, 0.29) is 0 Å². The molecule has 1 unspecified atom stereocenters. The van der Waals surface area contributed by atoms with Gasteiger partial charge in [0.1, 0.15) is 5.65 Å². The number of pyridine rings is 3. The zero-order chi connectivity index (χ0) is 26.0. The fraction of sp³-hybridized carbons (Fsp3) is 0. The summed E-state index contributed by atoms with van der Waals surface area (Å²) in [4.78, 5) is 14.2. The van der Waals surface area contributed by atoms with Crippen LogP contribution >= 0.6 is 7.14 Å². The van der Waals surface area contributed by atoms with Gasteiger partial charge in [0.05, 0.1) is 22.1 Å². The van der Waals surface area contributed by atoms with Gasteiger partial charge in [-0.2, -0.15) is 0 Å². The maximum Gasteiger partial charge on any atom is 0.173 e. The molecule has 4 aromatic carbocycles. The van der Waals surface area contributed by atoms with Crippen molar-refractivity contribution in [1.29, 1.82) is 0 Å². The second-order valence-electron chi connectivity index (χ2n) is 9.68. The third-order valence-corrected chi connectivity index (χ3v) is 10.6. The van der Waals surface area contributed by atoms with E-state index in [0.717, 1.165) is 59.9 Å². The molecule has 5 nitrogen and oxygen atoms in total. The smallest absolute Gasteiger partial charge is 0.173 e. The molecule has 0 fully saturated rings. The molecule has 184 valence electrons. The van der Waals surface area contributed by atoms with E-state index in [1.807, 2.05) is 97.2 Å². The van der Waals surface area contributed by atoms with Crippen molar-refractivity contribution in [3.05, 3.63) is 128 Å². The van der Waals surface area contributed by atoms with Crippen LogP contribution in [0.2, 0.25) is 0 Å². The van der Waals surface area contributed by atoms with Crippen LogP contribution in [0.15, 0.2) is 128 Å². The molecule has 6 heteroatoms. The van der Waals surface area contributed by atoms with Crippen molar-refractivity contribution in [3.8, 4) is 0 Å². The highest BCUT2D eigenvalue weighted by Crippen LogP contribution is 2.46. The van der Waals surface area contributed by atoms with Gasteiger partial charge >= 0.3 is 0 Å². The summed E-state index contributed by atoms with van der Waals surface area (Å²) in [6, 6.07) is 36.0. The summed E-state index contributed by atoms with van der Waals surface area (Å²) in [6.07, 6.45) is 5.42. The van der Waals surface area contributed by atoms with Crippen molar-refractivity contribution in [1.82, 2.24) is 19.4 Å². The summed E-state index contributed by atoms with van der Waals surface area (Å²) in [6.45, 7) is 0. The minimum atomic E-state index is -3.37. The van der Waals surface area contributed by atoms with Crippen molar-refractivity contribution in [2.75, 3.05) is 0 Å². The first-order chi connectivity index (χ1) is 19.2. The number of hydrogen-bond acceptors (Lipinski definition) is 4. The molecule has 4 heterocycles. The van der Waals surface area contributed by atoms with Gasteiger partial charge in [0.25, 0.3) is 0 Å². The number of fused-ring (bicyclic) bond motifs is 9. The summed E-state index contributed by atoms with van der Waals surface area (Å²) in [7, 11) is -3.37. The molecule has 0 spiro atoms. The van der Waals surface area contributed by atoms with Crippen LogP contribution in [0.4, 0.5) is 0 Å². The molecule has 0 radical (unpaired) electrons. The number of imidazole rings is 1. The molecule has 0 saturated carbocycles. The van der Waals surface area contributed by atoms with Gasteiger partial charge in [-0.15, -0.1) is 0 Å². The number of hydrogen-bond donors (Lipinski definition) is 0. The van der Waals surface area contributed by atoms with Crippen LogP contribution in [0.3, 0.4) is 0 Å². The molecule has 8 aromatic rings. The molecule has 0 amide bonds. The molecule has 4 aromatic heterocycles. The van der Waals surface area contributed by atoms with E-state index >= 15 is 4.57 Å². The predicted molar refractivity (Wildman–Crippen MR) is 160 cm³/mol. The first-order valence-electron chi connectivity index (χ1n) is 12.8. The standard InChI is InChI=1S/C33H21N4OP/c38-39(23-10-2-1-3-11-23,24-16-17-27-22(19-24)9-8-18-35-27)31-21-34-20-26-32(31)25-12-4-6-14-29(25)37-30-15-7-5-13-28(30)36-33(26)37/h1-21H. The number of benzene rings is 4. The number of aromatic nitrogens is 4. The van der Waals surface area contributed by atoms with Crippen LogP contribution in [0, 0.1) is 0 Å². The molecule has 0 aliphatic carbocycles. The number of nitrogens with zero attached hydrogens (tertiary/aromatic N) is 4. The molecule has 1 atom stereocenters. The van der Waals surface area contributed by atoms with Crippen molar-refractivity contribution < 1.29 is 4.57 Å². The normalized spacial score (nSPS) is 13.4. The van der Waals surface area contributed by atoms with E-state index < -0.39 is 7.14 Å². The second kappa shape index (κ2) is 8.32. The fourth-order valence-electron chi connectivity index (χ4n) is 5.80. The lowest BCUT2D eigenvalue weighted by molar-refractivity contribution is 0.592. The Bertz CT molecular complexity index is 2270. The topological polar surface area (TPSA) is 60.2 Å². The Morgan fingerprint density at radius 2 is 1.44 bits per heavy atom. The minimum absolute atomic E-state index is 0.709. The summed E-state index contributed by atoms with van der Waals surface area (Å²) >= 11 is 0. The van der Waals surface area contributed by atoms with Gasteiger partial charge in [0.15, 0.2) is 7.14 Å². The molecule has 39 heavy (non-hydrogen) atoms. The third kappa shape index (κ3) is 3.14. The Kier molecular flexibility index (Phi) is 4.73. The highest BCUT2D eigenvalue weighted by Gasteiger charge is 2.33. The van der Waals surface area contributed by atoms with E-state index in [4.69, 9.17) is 4.98 Å². The van der Waals surface area contributed by atoms with Crippen LogP contribution in [0.25, 0.3) is 49.3 Å². The Balaban J connectivity index is 1.57. The lowest BCUT2D eigenvalue weighted by Gasteiger charge is -2.22. The molecule has 8 rings (SSSR count). The zero-order valence-electron chi connectivity index (χ0n) is 20.8. The summed E-state index contributed by atoms with van der Waals surface area (Å²) in [5.74, 6) is 0. The van der Waals surface area contributed by atoms with E-state index in [1.165, 1.54) is 0 Å². The molecule has 0 aliphatic heterocycles.